The lowest BCUT2D eigenvalue weighted by Gasteiger charge is -2.20. The third-order valence-corrected chi connectivity index (χ3v) is 6.85. The van der Waals surface area contributed by atoms with Crippen molar-refractivity contribution in [3.63, 3.8) is 0 Å². The van der Waals surface area contributed by atoms with E-state index in [0.717, 1.165) is 27.9 Å². The number of aryl methyl sites for hydroxylation is 2. The van der Waals surface area contributed by atoms with Crippen LogP contribution in [0.4, 0.5) is 0 Å². The van der Waals surface area contributed by atoms with E-state index in [2.05, 4.69) is 9.97 Å². The fourth-order valence-electron chi connectivity index (χ4n) is 2.24. The molecule has 0 spiro atoms. The predicted molar refractivity (Wildman–Crippen MR) is 98.1 cm³/mol. The fraction of sp³-hybridized carbons (Fsp3) is 0.444. The predicted octanol–water partition coefficient (Wildman–Crippen LogP) is 4.05. The molecule has 0 aliphatic rings. The summed E-state index contributed by atoms with van der Waals surface area (Å²) in [4.78, 5) is 8.23. The molecule has 0 fully saturated rings. The molecule has 6 heteroatoms. The molecule has 0 N–H and O–H groups in total. The minimum Gasteiger partial charge on any atom is -0.228 e. The van der Waals surface area contributed by atoms with E-state index in [1.807, 2.05) is 32.0 Å². The van der Waals surface area contributed by atoms with Crippen LogP contribution < -0.4 is 0 Å². The molecule has 0 radical (unpaired) electrons. The summed E-state index contributed by atoms with van der Waals surface area (Å²) in [5.74, 6) is 0.0414. The second-order valence-corrected chi connectivity index (χ2v) is 10.2. The first kappa shape index (κ1) is 18.9. The molecule has 0 atom stereocenters. The average molecular weight is 367 g/mol. The summed E-state index contributed by atoms with van der Waals surface area (Å²) in [7, 11) is -3.22. The maximum Gasteiger partial charge on any atom is 0.222 e. The van der Waals surface area contributed by atoms with E-state index in [1.54, 1.807) is 27.0 Å². The molecular formula is C18H23ClN2O2S. The highest BCUT2D eigenvalue weighted by Crippen LogP contribution is 2.24. The molecule has 24 heavy (non-hydrogen) atoms. The summed E-state index contributed by atoms with van der Waals surface area (Å²) in [5.41, 5.74) is 4.63. The first-order chi connectivity index (χ1) is 11.0. The van der Waals surface area contributed by atoms with Crippen molar-refractivity contribution in [1.29, 1.82) is 0 Å². The molecule has 0 unspecified atom stereocenters. The third-order valence-electron chi connectivity index (χ3n) is 4.11. The summed E-state index contributed by atoms with van der Waals surface area (Å²) < 4.78 is 24.2. The average Bonchev–Trinajstić information content (AvgIpc) is 2.45. The van der Waals surface area contributed by atoms with E-state index < -0.39 is 14.6 Å². The van der Waals surface area contributed by atoms with Crippen molar-refractivity contribution in [1.82, 2.24) is 9.97 Å². The van der Waals surface area contributed by atoms with Gasteiger partial charge in [-0.25, -0.2) is 18.4 Å². The summed E-state index contributed by atoms with van der Waals surface area (Å²) in [6, 6.07) is 5.91. The van der Waals surface area contributed by atoms with Gasteiger partial charge in [0.25, 0.3) is 0 Å². The Morgan fingerprint density at radius 3 is 2.42 bits per heavy atom. The van der Waals surface area contributed by atoms with Crippen molar-refractivity contribution >= 4 is 21.4 Å². The largest absolute Gasteiger partial charge is 0.228 e. The minimum atomic E-state index is -3.22. The van der Waals surface area contributed by atoms with Gasteiger partial charge in [-0.05, 0) is 68.5 Å². The molecule has 2 rings (SSSR count). The number of hydrogen-bond donors (Lipinski definition) is 0. The fourth-order valence-corrected chi connectivity index (χ4v) is 3.54. The van der Waals surface area contributed by atoms with Crippen LogP contribution in [0.2, 0.25) is 5.28 Å². The van der Waals surface area contributed by atoms with Crippen molar-refractivity contribution < 1.29 is 8.42 Å². The van der Waals surface area contributed by atoms with Crippen LogP contribution in [0, 0.1) is 13.8 Å². The van der Waals surface area contributed by atoms with Gasteiger partial charge in [-0.1, -0.05) is 18.2 Å². The molecule has 0 saturated carbocycles. The Hall–Kier alpha value is -1.46. The van der Waals surface area contributed by atoms with Crippen LogP contribution >= 0.6 is 11.6 Å². The summed E-state index contributed by atoms with van der Waals surface area (Å²) >= 11 is 5.88. The highest BCUT2D eigenvalue weighted by molar-refractivity contribution is 7.91. The molecule has 0 amide bonds. The molecule has 0 aliphatic carbocycles. The maximum atomic E-state index is 12.5. The molecule has 130 valence electrons. The zero-order valence-electron chi connectivity index (χ0n) is 14.7. The molecule has 0 aliphatic heterocycles. The van der Waals surface area contributed by atoms with Crippen LogP contribution in [0.15, 0.2) is 24.4 Å². The van der Waals surface area contributed by atoms with Crippen LogP contribution in [0.25, 0.3) is 0 Å². The lowest BCUT2D eigenvalue weighted by Crippen LogP contribution is -2.29. The molecule has 0 bridgehead atoms. The molecule has 1 aromatic heterocycles. The number of sulfone groups is 1. The third kappa shape index (κ3) is 4.33. The van der Waals surface area contributed by atoms with E-state index in [1.165, 1.54) is 0 Å². The minimum absolute atomic E-state index is 0.0414. The summed E-state index contributed by atoms with van der Waals surface area (Å²) in [6.07, 6.45) is 2.29. The Morgan fingerprint density at radius 1 is 1.12 bits per heavy atom. The molecule has 0 saturated heterocycles. The lowest BCUT2D eigenvalue weighted by molar-refractivity contribution is 0.559. The van der Waals surface area contributed by atoms with Gasteiger partial charge in [-0.15, -0.1) is 0 Å². The van der Waals surface area contributed by atoms with Gasteiger partial charge < -0.3 is 0 Å². The van der Waals surface area contributed by atoms with Crippen molar-refractivity contribution in [2.45, 2.75) is 51.5 Å². The van der Waals surface area contributed by atoms with Gasteiger partial charge in [0.05, 0.1) is 16.2 Å². The number of benzene rings is 1. The van der Waals surface area contributed by atoms with Crippen LogP contribution in [-0.4, -0.2) is 23.1 Å². The SMILES string of the molecule is Cc1ccc(Cc2nc(Cl)ncc2C)cc1CS(=O)(=O)C(C)(C)C. The topological polar surface area (TPSA) is 59.9 Å². The van der Waals surface area contributed by atoms with Crippen LogP contribution in [0.5, 0.6) is 0 Å². The van der Waals surface area contributed by atoms with E-state index >= 15 is 0 Å². The molecule has 4 nitrogen and oxygen atoms in total. The first-order valence-corrected chi connectivity index (χ1v) is 9.81. The van der Waals surface area contributed by atoms with Gasteiger partial charge in [0.1, 0.15) is 0 Å². The Labute approximate surface area is 149 Å². The normalized spacial score (nSPS) is 12.4. The quantitative estimate of drug-likeness (QED) is 0.766. The standard InChI is InChI=1S/C18H23ClN2O2S/c1-12-6-7-14(9-16-13(2)10-20-17(19)21-16)8-15(12)11-24(22,23)18(3,4)5/h6-8,10H,9,11H2,1-5H3. The van der Waals surface area contributed by atoms with Gasteiger partial charge in [0.2, 0.25) is 5.28 Å². The lowest BCUT2D eigenvalue weighted by atomic mass is 10.0. The Bertz CT molecular complexity index is 856. The van der Waals surface area contributed by atoms with Crippen LogP contribution in [0.3, 0.4) is 0 Å². The van der Waals surface area contributed by atoms with Gasteiger partial charge in [-0.3, -0.25) is 0 Å². The Balaban J connectivity index is 2.34. The number of nitrogens with zero attached hydrogens (tertiary/aromatic N) is 2. The zero-order valence-corrected chi connectivity index (χ0v) is 16.3. The van der Waals surface area contributed by atoms with Crippen molar-refractivity contribution in [3.05, 3.63) is 57.6 Å². The van der Waals surface area contributed by atoms with Crippen LogP contribution in [0.1, 0.15) is 48.7 Å². The van der Waals surface area contributed by atoms with Gasteiger partial charge >= 0.3 is 0 Å². The van der Waals surface area contributed by atoms with E-state index in [9.17, 15) is 8.42 Å². The smallest absolute Gasteiger partial charge is 0.222 e. The zero-order chi connectivity index (χ0) is 18.1. The van der Waals surface area contributed by atoms with Crippen molar-refractivity contribution in [2.24, 2.45) is 0 Å². The van der Waals surface area contributed by atoms with Crippen LogP contribution in [-0.2, 0) is 22.0 Å². The van der Waals surface area contributed by atoms with Gasteiger partial charge in [-0.2, -0.15) is 0 Å². The number of rotatable bonds is 4. The maximum absolute atomic E-state index is 12.5. The van der Waals surface area contributed by atoms with E-state index in [4.69, 9.17) is 11.6 Å². The number of hydrogen-bond acceptors (Lipinski definition) is 4. The number of aromatic nitrogens is 2. The van der Waals surface area contributed by atoms with E-state index in [-0.39, 0.29) is 11.0 Å². The molecule has 1 aromatic carbocycles. The summed E-state index contributed by atoms with van der Waals surface area (Å²) in [5, 5.41) is 0.221. The van der Waals surface area contributed by atoms with Crippen molar-refractivity contribution in [2.75, 3.05) is 0 Å². The monoisotopic (exact) mass is 366 g/mol. The summed E-state index contributed by atoms with van der Waals surface area (Å²) in [6.45, 7) is 9.06. The Morgan fingerprint density at radius 2 is 1.79 bits per heavy atom. The second kappa shape index (κ2) is 6.81. The van der Waals surface area contributed by atoms with Gasteiger partial charge in [0, 0.05) is 12.6 Å². The van der Waals surface area contributed by atoms with Gasteiger partial charge in [0.15, 0.2) is 9.84 Å². The second-order valence-electron chi connectivity index (χ2n) is 7.08. The first-order valence-electron chi connectivity index (χ1n) is 7.78. The highest BCUT2D eigenvalue weighted by Gasteiger charge is 2.29. The Kier molecular flexibility index (Phi) is 5.35. The molecule has 2 aromatic rings. The van der Waals surface area contributed by atoms with E-state index in [0.29, 0.717) is 6.42 Å². The molecule has 1 heterocycles. The highest BCUT2D eigenvalue weighted by atomic mass is 35.5. The van der Waals surface area contributed by atoms with Crippen molar-refractivity contribution in [3.8, 4) is 0 Å². The number of halogens is 1. The molecular weight excluding hydrogens is 344 g/mol.